The van der Waals surface area contributed by atoms with Gasteiger partial charge in [-0.2, -0.15) is 0 Å². The van der Waals surface area contributed by atoms with Crippen LogP contribution in [-0.4, -0.2) is 17.5 Å². The minimum atomic E-state index is 0.673. The van der Waals surface area contributed by atoms with Gasteiger partial charge in [0.2, 0.25) is 0 Å². The molecule has 0 saturated heterocycles. The average molecular weight is 232 g/mol. The highest BCUT2D eigenvalue weighted by Crippen LogP contribution is 2.19. The van der Waals surface area contributed by atoms with Gasteiger partial charge in [0.25, 0.3) is 0 Å². The molecule has 2 rings (SSSR count). The summed E-state index contributed by atoms with van der Waals surface area (Å²) in [5, 5.41) is 3.40. The van der Waals surface area contributed by atoms with Crippen molar-refractivity contribution in [3.63, 3.8) is 0 Å². The molecule has 1 aliphatic heterocycles. The Morgan fingerprint density at radius 2 is 2.00 bits per heavy atom. The first-order valence-corrected chi connectivity index (χ1v) is 6.80. The van der Waals surface area contributed by atoms with Gasteiger partial charge in [0.05, 0.1) is 0 Å². The van der Waals surface area contributed by atoms with Crippen molar-refractivity contribution in [2.45, 2.75) is 52.9 Å². The van der Waals surface area contributed by atoms with E-state index in [1.807, 2.05) is 0 Å². The fourth-order valence-electron chi connectivity index (χ4n) is 2.52. The summed E-state index contributed by atoms with van der Waals surface area (Å²) in [6.45, 7) is 11.1. The van der Waals surface area contributed by atoms with E-state index < -0.39 is 0 Å². The van der Waals surface area contributed by atoms with Crippen molar-refractivity contribution in [2.75, 3.05) is 6.54 Å². The van der Waals surface area contributed by atoms with E-state index in [9.17, 15) is 0 Å². The quantitative estimate of drug-likeness (QED) is 0.839. The molecular formula is C15H24N2. The Morgan fingerprint density at radius 1 is 1.24 bits per heavy atom. The predicted octanol–water partition coefficient (Wildman–Crippen LogP) is 2.91. The summed E-state index contributed by atoms with van der Waals surface area (Å²) in [4.78, 5) is 2.55. The molecule has 1 heterocycles. The highest BCUT2D eigenvalue weighted by Gasteiger charge is 2.13. The third-order valence-electron chi connectivity index (χ3n) is 3.91. The van der Waals surface area contributed by atoms with Crippen LogP contribution in [0.15, 0.2) is 18.2 Å². The lowest BCUT2D eigenvalue weighted by Gasteiger charge is -2.27. The number of fused-ring (bicyclic) bond motifs is 1. The smallest absolute Gasteiger partial charge is 0.0236 e. The van der Waals surface area contributed by atoms with Crippen LogP contribution in [0.2, 0.25) is 0 Å². The number of nitrogens with one attached hydrogen (secondary N) is 1. The molecule has 1 aliphatic rings. The van der Waals surface area contributed by atoms with Crippen LogP contribution in [0.1, 0.15) is 43.9 Å². The van der Waals surface area contributed by atoms with Gasteiger partial charge in [-0.15, -0.1) is 0 Å². The summed E-state index contributed by atoms with van der Waals surface area (Å²) in [7, 11) is 0. The van der Waals surface area contributed by atoms with E-state index >= 15 is 0 Å². The second-order valence-electron chi connectivity index (χ2n) is 5.03. The summed E-state index contributed by atoms with van der Waals surface area (Å²) in [6.07, 6.45) is 1.22. The maximum atomic E-state index is 3.40. The number of rotatable bonds is 5. The van der Waals surface area contributed by atoms with Crippen LogP contribution < -0.4 is 5.32 Å². The molecule has 0 fully saturated rings. The molecule has 94 valence electrons. The Morgan fingerprint density at radius 3 is 2.71 bits per heavy atom. The Labute approximate surface area is 105 Å². The zero-order valence-corrected chi connectivity index (χ0v) is 11.3. The van der Waals surface area contributed by atoms with Crippen molar-refractivity contribution >= 4 is 0 Å². The molecule has 0 spiro atoms. The zero-order valence-electron chi connectivity index (χ0n) is 11.3. The molecule has 0 aliphatic carbocycles. The summed E-state index contributed by atoms with van der Waals surface area (Å²) in [6, 6.07) is 7.62. The summed E-state index contributed by atoms with van der Waals surface area (Å²) in [5.41, 5.74) is 4.41. The van der Waals surface area contributed by atoms with Gasteiger partial charge in [-0.1, -0.05) is 32.0 Å². The molecule has 1 atom stereocenters. The van der Waals surface area contributed by atoms with Gasteiger partial charge in [0.1, 0.15) is 0 Å². The Balaban J connectivity index is 2.07. The zero-order chi connectivity index (χ0) is 12.3. The lowest BCUT2D eigenvalue weighted by Crippen LogP contribution is -2.31. The van der Waals surface area contributed by atoms with Crippen molar-refractivity contribution in [3.05, 3.63) is 34.9 Å². The Hall–Kier alpha value is -0.860. The molecule has 0 amide bonds. The number of hydrogen-bond acceptors (Lipinski definition) is 2. The van der Waals surface area contributed by atoms with Crippen molar-refractivity contribution < 1.29 is 0 Å². The van der Waals surface area contributed by atoms with Gasteiger partial charge in [-0.25, -0.2) is 0 Å². The normalized spacial score (nSPS) is 16.2. The van der Waals surface area contributed by atoms with Crippen LogP contribution in [0.4, 0.5) is 0 Å². The Kier molecular flexibility index (Phi) is 4.19. The lowest BCUT2D eigenvalue weighted by atomic mass is 10.1. The van der Waals surface area contributed by atoms with E-state index in [2.05, 4.69) is 49.2 Å². The van der Waals surface area contributed by atoms with Crippen molar-refractivity contribution in [2.24, 2.45) is 0 Å². The second kappa shape index (κ2) is 5.65. The molecule has 1 unspecified atom stereocenters. The first-order valence-electron chi connectivity index (χ1n) is 6.80. The highest BCUT2D eigenvalue weighted by molar-refractivity contribution is 5.34. The number of benzene rings is 1. The highest BCUT2D eigenvalue weighted by atomic mass is 15.1. The minimum absolute atomic E-state index is 0.673. The van der Waals surface area contributed by atoms with Crippen molar-refractivity contribution in [1.82, 2.24) is 10.2 Å². The lowest BCUT2D eigenvalue weighted by molar-refractivity contribution is 0.206. The van der Waals surface area contributed by atoms with Crippen LogP contribution in [0.25, 0.3) is 0 Å². The maximum absolute atomic E-state index is 3.40. The first-order chi connectivity index (χ1) is 8.24. The second-order valence-corrected chi connectivity index (χ2v) is 5.03. The van der Waals surface area contributed by atoms with Crippen LogP contribution >= 0.6 is 0 Å². The van der Waals surface area contributed by atoms with E-state index in [4.69, 9.17) is 0 Å². The minimum Gasteiger partial charge on any atom is -0.309 e. The summed E-state index contributed by atoms with van der Waals surface area (Å²) < 4.78 is 0. The Bertz CT molecular complexity index is 373. The molecule has 1 aromatic carbocycles. The third-order valence-corrected chi connectivity index (χ3v) is 3.91. The molecule has 0 aromatic heterocycles. The van der Waals surface area contributed by atoms with E-state index in [1.54, 1.807) is 0 Å². The molecule has 2 heteroatoms. The van der Waals surface area contributed by atoms with Crippen molar-refractivity contribution in [3.8, 4) is 0 Å². The SMILES string of the molecule is CCC(C)N(CC)Cc1ccc2c(c1)CNC2. The van der Waals surface area contributed by atoms with Crippen molar-refractivity contribution in [1.29, 1.82) is 0 Å². The van der Waals surface area contributed by atoms with Gasteiger partial charge < -0.3 is 5.32 Å². The first kappa shape index (κ1) is 12.6. The van der Waals surface area contributed by atoms with Crippen LogP contribution in [0.5, 0.6) is 0 Å². The van der Waals surface area contributed by atoms with Gasteiger partial charge in [0.15, 0.2) is 0 Å². The molecule has 0 saturated carbocycles. The molecule has 17 heavy (non-hydrogen) atoms. The fraction of sp³-hybridized carbons (Fsp3) is 0.600. The van der Waals surface area contributed by atoms with Gasteiger partial charge in [-0.05, 0) is 36.6 Å². The van der Waals surface area contributed by atoms with E-state index in [0.717, 1.165) is 26.2 Å². The predicted molar refractivity (Wildman–Crippen MR) is 72.8 cm³/mol. The fourth-order valence-corrected chi connectivity index (χ4v) is 2.52. The molecule has 1 aromatic rings. The number of nitrogens with zero attached hydrogens (tertiary/aromatic N) is 1. The van der Waals surface area contributed by atoms with Crippen LogP contribution in [-0.2, 0) is 19.6 Å². The summed E-state index contributed by atoms with van der Waals surface area (Å²) in [5.74, 6) is 0. The summed E-state index contributed by atoms with van der Waals surface area (Å²) >= 11 is 0. The van der Waals surface area contributed by atoms with Crippen LogP contribution in [0, 0.1) is 0 Å². The maximum Gasteiger partial charge on any atom is 0.0236 e. The standard InChI is InChI=1S/C15H24N2/c1-4-12(3)17(5-2)11-13-6-7-14-9-16-10-15(14)8-13/h6-8,12,16H,4-5,9-11H2,1-3H3. The topological polar surface area (TPSA) is 15.3 Å². The molecular weight excluding hydrogens is 208 g/mol. The molecule has 1 N–H and O–H groups in total. The largest absolute Gasteiger partial charge is 0.309 e. The van der Waals surface area contributed by atoms with E-state index in [1.165, 1.54) is 23.1 Å². The van der Waals surface area contributed by atoms with E-state index in [0.29, 0.717) is 6.04 Å². The van der Waals surface area contributed by atoms with Gasteiger partial charge in [-0.3, -0.25) is 4.90 Å². The monoisotopic (exact) mass is 232 g/mol. The molecule has 2 nitrogen and oxygen atoms in total. The molecule has 0 radical (unpaired) electrons. The molecule has 0 bridgehead atoms. The number of hydrogen-bond donors (Lipinski definition) is 1. The third kappa shape index (κ3) is 2.88. The van der Waals surface area contributed by atoms with E-state index in [-0.39, 0.29) is 0 Å². The van der Waals surface area contributed by atoms with Gasteiger partial charge >= 0.3 is 0 Å². The van der Waals surface area contributed by atoms with Crippen LogP contribution in [0.3, 0.4) is 0 Å². The van der Waals surface area contributed by atoms with Gasteiger partial charge in [0, 0.05) is 25.7 Å². The average Bonchev–Trinajstić information content (AvgIpc) is 2.82.